The molecule has 0 radical (unpaired) electrons. The second kappa shape index (κ2) is 10.8. The van der Waals surface area contributed by atoms with Gasteiger partial charge in [-0.1, -0.05) is 0 Å². The topological polar surface area (TPSA) is 86.2 Å². The normalized spacial score (nSPS) is 20.5. The molecule has 0 amide bonds. The molecule has 1 unspecified atom stereocenters. The predicted molar refractivity (Wildman–Crippen MR) is 149 cm³/mol. The zero-order chi connectivity index (χ0) is 26.9. The van der Waals surface area contributed by atoms with Crippen LogP contribution in [-0.2, 0) is 6.54 Å². The summed E-state index contributed by atoms with van der Waals surface area (Å²) in [6, 6.07) is 9.31. The van der Waals surface area contributed by atoms with Crippen LogP contribution >= 0.6 is 0 Å². The smallest absolute Gasteiger partial charge is 0.229 e. The summed E-state index contributed by atoms with van der Waals surface area (Å²) < 4.78 is 31.8. The van der Waals surface area contributed by atoms with Crippen molar-refractivity contribution < 1.29 is 8.78 Å². The highest BCUT2D eigenvalue weighted by Crippen LogP contribution is 2.25. The summed E-state index contributed by atoms with van der Waals surface area (Å²) in [5.41, 5.74) is 1.77. The number of pyridine rings is 1. The van der Waals surface area contributed by atoms with Gasteiger partial charge >= 0.3 is 0 Å². The molecule has 0 bridgehead atoms. The van der Waals surface area contributed by atoms with Crippen LogP contribution in [0.1, 0.15) is 19.4 Å². The molecular weight excluding hydrogens is 500 g/mol. The van der Waals surface area contributed by atoms with Crippen LogP contribution in [0.2, 0.25) is 0 Å². The lowest BCUT2D eigenvalue weighted by Crippen LogP contribution is -2.54. The zero-order valence-corrected chi connectivity index (χ0v) is 22.2. The third-order valence-corrected chi connectivity index (χ3v) is 7.31. The number of fused-ring (bicyclic) bond motifs is 1. The third-order valence-electron chi connectivity index (χ3n) is 7.31. The first-order valence-electron chi connectivity index (χ1n) is 13.4. The maximum atomic E-state index is 15.1. The fourth-order valence-corrected chi connectivity index (χ4v) is 5.45. The van der Waals surface area contributed by atoms with Crippen molar-refractivity contribution in [1.82, 2.24) is 35.1 Å². The van der Waals surface area contributed by atoms with E-state index in [-0.39, 0.29) is 12.1 Å². The average Bonchev–Trinajstić information content (AvgIpc) is 3.34. The summed E-state index contributed by atoms with van der Waals surface area (Å²) in [5, 5.41) is 10.8. The molecule has 2 fully saturated rings. The van der Waals surface area contributed by atoms with Gasteiger partial charge in [0.2, 0.25) is 5.95 Å². The summed E-state index contributed by atoms with van der Waals surface area (Å²) in [6.45, 7) is 9.58. The van der Waals surface area contributed by atoms with Crippen LogP contribution in [0.4, 0.5) is 26.2 Å². The van der Waals surface area contributed by atoms with Gasteiger partial charge in [-0.05, 0) is 44.2 Å². The number of anilines is 3. The molecule has 0 aliphatic carbocycles. The van der Waals surface area contributed by atoms with Crippen molar-refractivity contribution >= 4 is 28.5 Å². The summed E-state index contributed by atoms with van der Waals surface area (Å²) in [7, 11) is 0. The van der Waals surface area contributed by atoms with Gasteiger partial charge in [0.05, 0.1) is 17.6 Å². The van der Waals surface area contributed by atoms with Crippen LogP contribution in [-0.4, -0.2) is 75.8 Å². The molecule has 4 aromatic rings. The molecule has 5 heterocycles. The van der Waals surface area contributed by atoms with Crippen molar-refractivity contribution in [1.29, 1.82) is 0 Å². The Kier molecular flexibility index (Phi) is 7.11. The number of hydrogen-bond donors (Lipinski definition) is 3. The molecule has 0 saturated carbocycles. The molecule has 3 aromatic heterocycles. The fourth-order valence-electron chi connectivity index (χ4n) is 5.45. The molecule has 1 aromatic carbocycles. The van der Waals surface area contributed by atoms with E-state index in [4.69, 9.17) is 0 Å². The van der Waals surface area contributed by atoms with Gasteiger partial charge in [0, 0.05) is 81.2 Å². The van der Waals surface area contributed by atoms with Crippen LogP contribution in [0, 0.1) is 11.6 Å². The van der Waals surface area contributed by atoms with E-state index in [0.29, 0.717) is 29.4 Å². The molecule has 2 atom stereocenters. The summed E-state index contributed by atoms with van der Waals surface area (Å²) in [6.07, 6.45) is 5.21. The Morgan fingerprint density at radius 3 is 2.41 bits per heavy atom. The molecule has 9 nitrogen and oxygen atoms in total. The Morgan fingerprint density at radius 2 is 1.72 bits per heavy atom. The first-order chi connectivity index (χ1) is 18.9. The molecule has 3 N–H and O–H groups in total. The highest BCUT2D eigenvalue weighted by atomic mass is 19.1. The molecule has 0 spiro atoms. The monoisotopic (exact) mass is 533 g/mol. The number of benzene rings is 1. The van der Waals surface area contributed by atoms with Crippen LogP contribution < -0.4 is 20.9 Å². The number of nitrogens with zero attached hydrogens (tertiary/aromatic N) is 6. The minimum absolute atomic E-state index is 0.0924. The summed E-state index contributed by atoms with van der Waals surface area (Å²) >= 11 is 0. The number of nitrogens with one attached hydrogen (secondary N) is 3. The molecule has 204 valence electrons. The first kappa shape index (κ1) is 25.6. The second-order valence-electron chi connectivity index (χ2n) is 10.5. The van der Waals surface area contributed by atoms with Crippen molar-refractivity contribution in [2.75, 3.05) is 49.5 Å². The largest absolute Gasteiger partial charge is 0.354 e. The highest BCUT2D eigenvalue weighted by molar-refractivity contribution is 5.78. The van der Waals surface area contributed by atoms with E-state index < -0.39 is 11.6 Å². The van der Waals surface area contributed by atoms with Gasteiger partial charge in [-0.15, -0.1) is 0 Å². The Hall–Kier alpha value is -3.67. The van der Waals surface area contributed by atoms with Crippen LogP contribution in [0.15, 0.2) is 48.9 Å². The minimum atomic E-state index is -0.558. The van der Waals surface area contributed by atoms with Gasteiger partial charge in [0.15, 0.2) is 0 Å². The molecular formula is C28H33F2N9. The Morgan fingerprint density at radius 1 is 0.974 bits per heavy atom. The molecule has 2 saturated heterocycles. The quantitative estimate of drug-likeness (QED) is 0.348. The van der Waals surface area contributed by atoms with Gasteiger partial charge in [-0.25, -0.2) is 18.7 Å². The maximum absolute atomic E-state index is 15.1. The van der Waals surface area contributed by atoms with E-state index in [0.717, 1.165) is 56.2 Å². The average molecular weight is 534 g/mol. The molecule has 6 rings (SSSR count). The lowest BCUT2D eigenvalue weighted by atomic mass is 10.1. The van der Waals surface area contributed by atoms with Crippen molar-refractivity contribution in [3.63, 3.8) is 0 Å². The number of hydrogen-bond acceptors (Lipinski definition) is 8. The van der Waals surface area contributed by atoms with E-state index >= 15 is 8.78 Å². The lowest BCUT2D eigenvalue weighted by molar-refractivity contribution is 0.227. The van der Waals surface area contributed by atoms with Gasteiger partial charge in [-0.2, -0.15) is 4.98 Å². The van der Waals surface area contributed by atoms with Crippen molar-refractivity contribution in [2.24, 2.45) is 0 Å². The van der Waals surface area contributed by atoms with Crippen LogP contribution in [0.5, 0.6) is 0 Å². The zero-order valence-electron chi connectivity index (χ0n) is 22.2. The molecule has 2 aliphatic heterocycles. The van der Waals surface area contributed by atoms with Gasteiger partial charge in [0.25, 0.3) is 0 Å². The maximum Gasteiger partial charge on any atom is 0.229 e. The number of piperazine rings is 2. The van der Waals surface area contributed by atoms with Crippen LogP contribution in [0.3, 0.4) is 0 Å². The van der Waals surface area contributed by atoms with Gasteiger partial charge in [0.1, 0.15) is 23.1 Å². The van der Waals surface area contributed by atoms with Crippen molar-refractivity contribution in [3.05, 3.63) is 66.1 Å². The molecule has 11 heteroatoms. The Balaban J connectivity index is 1.21. The van der Waals surface area contributed by atoms with Crippen molar-refractivity contribution in [3.8, 4) is 5.69 Å². The second-order valence-corrected chi connectivity index (χ2v) is 10.5. The highest BCUT2D eigenvalue weighted by Gasteiger charge is 2.22. The number of aromatic nitrogens is 4. The van der Waals surface area contributed by atoms with Crippen molar-refractivity contribution in [2.45, 2.75) is 32.5 Å². The van der Waals surface area contributed by atoms with E-state index in [9.17, 15) is 0 Å². The van der Waals surface area contributed by atoms with Gasteiger partial charge in [-0.3, -0.25) is 4.90 Å². The molecule has 39 heavy (non-hydrogen) atoms. The number of rotatable bonds is 6. The van der Waals surface area contributed by atoms with E-state index in [2.05, 4.69) is 54.5 Å². The van der Waals surface area contributed by atoms with E-state index in [1.807, 2.05) is 18.2 Å². The van der Waals surface area contributed by atoms with E-state index in [1.54, 1.807) is 23.2 Å². The lowest BCUT2D eigenvalue weighted by Gasteiger charge is -2.36. The standard InChI is InChI=1S/C28H33F2N9/c1-18-15-38(16-19(2)34-18)26-4-3-21(14-32-26)35-28-33-13-20-5-8-39(27(20)36-28)22-11-24(29)23(25(30)12-22)17-37-9-6-31-7-10-37/h3-5,8,11-14,18-19,31,34H,6-7,9-10,15-17H2,1-2H3,(H,33,35,36)/t18-,19?/m0/s1. The third kappa shape index (κ3) is 5.56. The Labute approximate surface area is 226 Å². The molecule has 2 aliphatic rings. The fraction of sp³-hybridized carbons (Fsp3) is 0.393. The summed E-state index contributed by atoms with van der Waals surface area (Å²) in [4.78, 5) is 18.0. The van der Waals surface area contributed by atoms with Crippen LogP contribution in [0.25, 0.3) is 16.7 Å². The van der Waals surface area contributed by atoms with Gasteiger partial charge < -0.3 is 25.4 Å². The Bertz CT molecular complexity index is 1420. The SMILES string of the molecule is CC1CN(c2ccc(Nc3ncc4ccn(-c5cc(F)c(CN6CCNCC6)c(F)c5)c4n3)cn2)C[C@H](C)N1. The predicted octanol–water partition coefficient (Wildman–Crippen LogP) is 3.43. The number of halogens is 2. The first-order valence-corrected chi connectivity index (χ1v) is 13.4. The summed E-state index contributed by atoms with van der Waals surface area (Å²) in [5.74, 6) is 0.183. The minimum Gasteiger partial charge on any atom is -0.354 e. The van der Waals surface area contributed by atoms with E-state index in [1.165, 1.54) is 12.1 Å².